The molecule has 2 aliphatic carbocycles. The number of likely N-dealkylation sites (N-methyl/N-ethyl adjacent to an activating group) is 1. The van der Waals surface area contributed by atoms with Crippen LogP contribution in [0.25, 0.3) is 0 Å². The molecule has 0 spiro atoms. The number of ether oxygens (including phenoxy) is 1. The van der Waals surface area contributed by atoms with Crippen LogP contribution in [0.1, 0.15) is 47.6 Å². The van der Waals surface area contributed by atoms with Crippen LogP contribution in [0.5, 0.6) is 0 Å². The number of benzene rings is 2. The summed E-state index contributed by atoms with van der Waals surface area (Å²) in [5.41, 5.74) is 7.16. The molecule has 1 N–H and O–H groups in total. The van der Waals surface area contributed by atoms with E-state index < -0.39 is 22.2 Å². The van der Waals surface area contributed by atoms with Crippen LogP contribution in [0.4, 0.5) is 10.5 Å². The predicted octanol–water partition coefficient (Wildman–Crippen LogP) is 0.193. The average Bonchev–Trinajstić information content (AvgIpc) is 3.68. The van der Waals surface area contributed by atoms with Gasteiger partial charge >= 0.3 is 45.9 Å². The second-order valence-electron chi connectivity index (χ2n) is 10.5. The standard InChI is InChI=1S/C29H35N5O5S.Na.H/c1-32(29(36)39-20-21-8-4-3-5-9-21)14-15-34(24-18-30-33(2)19-24)40(37,38)31-28(35)17-27-25-12-6-10-22(25)16-23-11-7-13-26(23)27;;/h3-5,8-9,16,18-19H,6-7,10-15,17,20H2,1-2H3,(H,31,35);;/q;+1;-1. The summed E-state index contributed by atoms with van der Waals surface area (Å²) < 4.78 is 37.2. The normalized spacial score (nSPS) is 13.6. The van der Waals surface area contributed by atoms with Gasteiger partial charge in [-0.05, 0) is 71.9 Å². The molecule has 12 heteroatoms. The SMILES string of the molecule is CN(CCN(c1cnn(C)c1)S(=O)(=O)NC(=O)Cc1c2c(cc3c1CCC3)CCC2)C(=O)OCc1ccccc1.[H-].[Na+]. The van der Waals surface area contributed by atoms with E-state index in [0.717, 1.165) is 54.0 Å². The number of amides is 2. The molecule has 2 aliphatic rings. The fourth-order valence-corrected chi connectivity index (χ4v) is 6.79. The van der Waals surface area contributed by atoms with Crippen LogP contribution in [0, 0.1) is 0 Å². The van der Waals surface area contributed by atoms with Crippen molar-refractivity contribution >= 4 is 27.9 Å². The van der Waals surface area contributed by atoms with Crippen molar-refractivity contribution in [3.8, 4) is 0 Å². The molecule has 0 unspecified atom stereocenters. The Morgan fingerprint density at radius 2 is 1.71 bits per heavy atom. The zero-order valence-electron chi connectivity index (χ0n) is 24.9. The third-order valence-electron chi connectivity index (χ3n) is 7.60. The molecule has 0 saturated carbocycles. The third-order valence-corrected chi connectivity index (χ3v) is 9.06. The first-order valence-corrected chi connectivity index (χ1v) is 15.0. The number of carbonyl (C=O) groups is 2. The van der Waals surface area contributed by atoms with E-state index in [-0.39, 0.29) is 62.8 Å². The van der Waals surface area contributed by atoms with Crippen molar-refractivity contribution in [1.82, 2.24) is 19.4 Å². The number of aromatic nitrogens is 2. The molecule has 0 atom stereocenters. The van der Waals surface area contributed by atoms with E-state index in [4.69, 9.17) is 4.74 Å². The van der Waals surface area contributed by atoms with Gasteiger partial charge in [0.05, 0.1) is 24.8 Å². The minimum atomic E-state index is -4.28. The molecule has 41 heavy (non-hydrogen) atoms. The molecule has 2 aromatic carbocycles. The Labute approximate surface area is 265 Å². The topological polar surface area (TPSA) is 114 Å². The first kappa shape index (κ1) is 31.1. The van der Waals surface area contributed by atoms with Crippen molar-refractivity contribution in [3.05, 3.63) is 82.2 Å². The van der Waals surface area contributed by atoms with Gasteiger partial charge in [-0.2, -0.15) is 13.5 Å². The summed E-state index contributed by atoms with van der Waals surface area (Å²) in [6.45, 7) is 0.0519. The maximum Gasteiger partial charge on any atom is 1.00 e. The van der Waals surface area contributed by atoms with Gasteiger partial charge in [0.15, 0.2) is 0 Å². The maximum absolute atomic E-state index is 13.5. The van der Waals surface area contributed by atoms with Crippen molar-refractivity contribution in [2.45, 2.75) is 51.6 Å². The van der Waals surface area contributed by atoms with Gasteiger partial charge in [-0.15, -0.1) is 0 Å². The number of hydrogen-bond acceptors (Lipinski definition) is 6. The quantitative estimate of drug-likeness (QED) is 0.338. The van der Waals surface area contributed by atoms with E-state index in [1.54, 1.807) is 13.2 Å². The molecular formula is C29H36N5NaO5S. The van der Waals surface area contributed by atoms with Gasteiger partial charge < -0.3 is 11.1 Å². The van der Waals surface area contributed by atoms with Crippen molar-refractivity contribution in [2.75, 3.05) is 24.4 Å². The largest absolute Gasteiger partial charge is 1.00 e. The number of nitrogens with zero attached hydrogens (tertiary/aromatic N) is 4. The minimum absolute atomic E-state index is 0. The van der Waals surface area contributed by atoms with Crippen LogP contribution < -0.4 is 38.6 Å². The molecule has 0 radical (unpaired) electrons. The molecule has 0 fully saturated rings. The molecule has 10 nitrogen and oxygen atoms in total. The third kappa shape index (κ3) is 7.32. The van der Waals surface area contributed by atoms with E-state index in [1.165, 1.54) is 45.1 Å². The average molecular weight is 590 g/mol. The smallest absolute Gasteiger partial charge is 1.00 e. The summed E-state index contributed by atoms with van der Waals surface area (Å²) in [5.74, 6) is -0.570. The van der Waals surface area contributed by atoms with Gasteiger partial charge in [0.1, 0.15) is 6.61 Å². The predicted molar refractivity (Wildman–Crippen MR) is 152 cm³/mol. The molecule has 0 saturated heterocycles. The molecular weight excluding hydrogens is 553 g/mol. The number of aryl methyl sites for hydroxylation is 3. The van der Waals surface area contributed by atoms with Gasteiger partial charge in [-0.3, -0.25) is 9.48 Å². The number of nitrogens with one attached hydrogen (secondary N) is 1. The Balaban J connectivity index is 0.00000242. The molecule has 1 aromatic heterocycles. The van der Waals surface area contributed by atoms with Crippen LogP contribution in [-0.4, -0.2) is 55.2 Å². The summed E-state index contributed by atoms with van der Waals surface area (Å²) in [5, 5.41) is 4.09. The Morgan fingerprint density at radius 1 is 1.05 bits per heavy atom. The summed E-state index contributed by atoms with van der Waals surface area (Å²) >= 11 is 0. The molecule has 214 valence electrons. The van der Waals surface area contributed by atoms with E-state index in [2.05, 4.69) is 15.9 Å². The monoisotopic (exact) mass is 589 g/mol. The van der Waals surface area contributed by atoms with Gasteiger partial charge in [0, 0.05) is 26.8 Å². The molecule has 2 amide bonds. The molecule has 1 heterocycles. The second kappa shape index (κ2) is 13.4. The van der Waals surface area contributed by atoms with Gasteiger partial charge in [0.2, 0.25) is 5.91 Å². The second-order valence-corrected chi connectivity index (χ2v) is 12.0. The Kier molecular flexibility index (Phi) is 10.2. The Morgan fingerprint density at radius 3 is 2.32 bits per heavy atom. The van der Waals surface area contributed by atoms with E-state index in [0.29, 0.717) is 0 Å². The van der Waals surface area contributed by atoms with Crippen molar-refractivity contribution in [2.24, 2.45) is 7.05 Å². The number of carbonyl (C=O) groups excluding carboxylic acids is 2. The molecule has 5 rings (SSSR count). The van der Waals surface area contributed by atoms with Crippen LogP contribution >= 0.6 is 0 Å². The summed E-state index contributed by atoms with van der Waals surface area (Å²) in [6, 6.07) is 11.6. The van der Waals surface area contributed by atoms with Crippen molar-refractivity contribution < 1.29 is 53.7 Å². The Bertz CT molecular complexity index is 1480. The van der Waals surface area contributed by atoms with Crippen LogP contribution in [0.15, 0.2) is 48.8 Å². The minimum Gasteiger partial charge on any atom is -1.00 e. The fraction of sp³-hybridized carbons (Fsp3) is 0.414. The van der Waals surface area contributed by atoms with Crippen LogP contribution in [0.3, 0.4) is 0 Å². The van der Waals surface area contributed by atoms with Gasteiger partial charge in [-0.1, -0.05) is 36.4 Å². The van der Waals surface area contributed by atoms with E-state index in [1.807, 2.05) is 30.3 Å². The van der Waals surface area contributed by atoms with Gasteiger partial charge in [0.25, 0.3) is 0 Å². The number of hydrogen-bond donors (Lipinski definition) is 1. The van der Waals surface area contributed by atoms with Crippen LogP contribution in [0.2, 0.25) is 0 Å². The maximum atomic E-state index is 13.5. The number of rotatable bonds is 10. The zero-order chi connectivity index (χ0) is 28.3. The van der Waals surface area contributed by atoms with E-state index >= 15 is 0 Å². The summed E-state index contributed by atoms with van der Waals surface area (Å²) in [6.07, 6.45) is 8.38. The molecule has 0 bridgehead atoms. The first-order valence-electron chi connectivity index (χ1n) is 13.6. The zero-order valence-corrected chi connectivity index (χ0v) is 26.7. The van der Waals surface area contributed by atoms with Gasteiger partial charge in [-0.25, -0.2) is 13.8 Å². The first-order chi connectivity index (χ1) is 19.2. The number of anilines is 1. The van der Waals surface area contributed by atoms with E-state index in [9.17, 15) is 18.0 Å². The Hall–Kier alpha value is -2.86. The summed E-state index contributed by atoms with van der Waals surface area (Å²) in [7, 11) is -1.07. The number of fused-ring (bicyclic) bond motifs is 2. The fourth-order valence-electron chi connectivity index (χ4n) is 5.63. The van der Waals surface area contributed by atoms with Crippen LogP contribution in [-0.2, 0) is 65.5 Å². The molecule has 3 aromatic rings. The molecule has 0 aliphatic heterocycles. The van der Waals surface area contributed by atoms with Crippen molar-refractivity contribution in [1.29, 1.82) is 0 Å². The van der Waals surface area contributed by atoms with Crippen molar-refractivity contribution in [3.63, 3.8) is 0 Å². The summed E-state index contributed by atoms with van der Waals surface area (Å²) in [4.78, 5) is 27.1.